The van der Waals surface area contributed by atoms with Crippen LogP contribution >= 0.6 is 22.6 Å². The van der Waals surface area contributed by atoms with E-state index in [4.69, 9.17) is 0 Å². The number of hydrogen-bond donors (Lipinski definition) is 1. The molecule has 1 atom stereocenters. The molecule has 0 aromatic heterocycles. The summed E-state index contributed by atoms with van der Waals surface area (Å²) in [6.45, 7) is 1.74. The van der Waals surface area contributed by atoms with Crippen molar-refractivity contribution in [3.8, 4) is 0 Å². The molecule has 2 aromatic carbocycles. The predicted molar refractivity (Wildman–Crippen MR) is 95.2 cm³/mol. The van der Waals surface area contributed by atoms with Crippen LogP contribution in [0.4, 0.5) is 11.4 Å². The molecule has 2 aromatic rings. The lowest BCUT2D eigenvalue weighted by molar-refractivity contribution is -0.115. The summed E-state index contributed by atoms with van der Waals surface area (Å²) < 4.78 is -0.0750. The third-order valence-corrected chi connectivity index (χ3v) is 4.65. The molecule has 1 aliphatic heterocycles. The van der Waals surface area contributed by atoms with Crippen LogP contribution in [-0.4, -0.2) is 22.9 Å². The van der Waals surface area contributed by atoms with Gasteiger partial charge in [0.15, 0.2) is 0 Å². The number of alkyl halides is 1. The van der Waals surface area contributed by atoms with Crippen molar-refractivity contribution in [2.75, 3.05) is 23.3 Å². The van der Waals surface area contributed by atoms with Gasteiger partial charge in [0, 0.05) is 24.5 Å². The molecule has 0 unspecified atom stereocenters. The Hall–Kier alpha value is -1.56. The van der Waals surface area contributed by atoms with Crippen LogP contribution in [0, 0.1) is 0 Å². The van der Waals surface area contributed by atoms with Crippen LogP contribution in [0.5, 0.6) is 0 Å². The summed E-state index contributed by atoms with van der Waals surface area (Å²) in [5.74, 6) is 0.0613. The maximum absolute atomic E-state index is 12.3. The number of benzene rings is 2. The average molecular weight is 392 g/mol. The van der Waals surface area contributed by atoms with Crippen molar-refractivity contribution >= 4 is 39.9 Å². The minimum absolute atomic E-state index is 0.0613. The van der Waals surface area contributed by atoms with E-state index in [9.17, 15) is 4.79 Å². The second kappa shape index (κ2) is 6.47. The molecular weight excluding hydrogens is 375 g/mol. The molecule has 4 heteroatoms. The van der Waals surface area contributed by atoms with Crippen molar-refractivity contribution in [3.05, 3.63) is 60.2 Å². The van der Waals surface area contributed by atoms with E-state index in [2.05, 4.69) is 57.1 Å². The third-order valence-electron chi connectivity index (χ3n) is 3.69. The highest BCUT2D eigenvalue weighted by Crippen LogP contribution is 2.28. The van der Waals surface area contributed by atoms with Gasteiger partial charge in [0.1, 0.15) is 3.92 Å². The Labute approximate surface area is 138 Å². The number of fused-ring (bicyclic) bond motifs is 1. The van der Waals surface area contributed by atoms with E-state index in [1.165, 1.54) is 11.3 Å². The van der Waals surface area contributed by atoms with E-state index in [0.29, 0.717) is 0 Å². The molecule has 1 heterocycles. The van der Waals surface area contributed by atoms with Gasteiger partial charge in [0.2, 0.25) is 5.91 Å². The number of para-hydroxylation sites is 2. The van der Waals surface area contributed by atoms with E-state index in [1.807, 2.05) is 30.3 Å². The SMILES string of the molecule is O=C(Nc1ccccc1)[C@H](I)CN1CCc2ccccc21. The van der Waals surface area contributed by atoms with Gasteiger partial charge in [0.05, 0.1) is 0 Å². The summed E-state index contributed by atoms with van der Waals surface area (Å²) in [7, 11) is 0. The van der Waals surface area contributed by atoms with Gasteiger partial charge in [0.25, 0.3) is 0 Å². The fourth-order valence-corrected chi connectivity index (χ4v) is 3.25. The molecule has 3 rings (SSSR count). The number of amides is 1. The van der Waals surface area contributed by atoms with Gasteiger partial charge in [-0.2, -0.15) is 0 Å². The summed E-state index contributed by atoms with van der Waals surface area (Å²) in [5, 5.41) is 2.97. The van der Waals surface area contributed by atoms with Crippen molar-refractivity contribution in [1.29, 1.82) is 0 Å². The van der Waals surface area contributed by atoms with Gasteiger partial charge in [-0.25, -0.2) is 0 Å². The Balaban J connectivity index is 1.62. The molecule has 1 amide bonds. The maximum atomic E-state index is 12.3. The zero-order valence-electron chi connectivity index (χ0n) is 11.6. The van der Waals surface area contributed by atoms with Crippen molar-refractivity contribution in [2.24, 2.45) is 0 Å². The van der Waals surface area contributed by atoms with Crippen molar-refractivity contribution < 1.29 is 4.79 Å². The minimum atomic E-state index is -0.0750. The summed E-state index contributed by atoms with van der Waals surface area (Å²) in [5.41, 5.74) is 3.50. The summed E-state index contributed by atoms with van der Waals surface area (Å²) in [4.78, 5) is 14.6. The molecule has 3 nitrogen and oxygen atoms in total. The number of rotatable bonds is 4. The van der Waals surface area contributed by atoms with Gasteiger partial charge < -0.3 is 10.2 Å². The van der Waals surface area contributed by atoms with E-state index >= 15 is 0 Å². The molecule has 1 aliphatic rings. The summed E-state index contributed by atoms with van der Waals surface area (Å²) >= 11 is 2.23. The molecule has 108 valence electrons. The molecule has 0 bridgehead atoms. The number of halogens is 1. The van der Waals surface area contributed by atoms with Gasteiger partial charge in [-0.05, 0) is 30.2 Å². The van der Waals surface area contributed by atoms with Crippen molar-refractivity contribution in [3.63, 3.8) is 0 Å². The predicted octanol–water partition coefficient (Wildman–Crippen LogP) is 3.49. The van der Waals surface area contributed by atoms with Crippen LogP contribution in [0.2, 0.25) is 0 Å². The first-order valence-corrected chi connectivity index (χ1v) is 8.31. The molecule has 0 fully saturated rings. The fraction of sp³-hybridized carbons (Fsp3) is 0.235. The first-order chi connectivity index (χ1) is 10.2. The number of anilines is 2. The highest BCUT2D eigenvalue weighted by molar-refractivity contribution is 14.1. The Bertz CT molecular complexity index is 630. The highest BCUT2D eigenvalue weighted by Gasteiger charge is 2.24. The third kappa shape index (κ3) is 3.37. The average Bonchev–Trinajstić information content (AvgIpc) is 2.91. The van der Waals surface area contributed by atoms with Crippen molar-refractivity contribution in [2.45, 2.75) is 10.3 Å². The molecular formula is C17H17IN2O. The normalized spacial score (nSPS) is 14.6. The zero-order valence-corrected chi connectivity index (χ0v) is 13.8. The molecule has 0 saturated heterocycles. The minimum Gasteiger partial charge on any atom is -0.369 e. The first kappa shape index (κ1) is 14.4. The number of carbonyl (C=O) groups excluding carboxylic acids is 1. The van der Waals surface area contributed by atoms with Gasteiger partial charge in [-0.15, -0.1) is 0 Å². The second-order valence-electron chi connectivity index (χ2n) is 5.15. The van der Waals surface area contributed by atoms with E-state index in [-0.39, 0.29) is 9.83 Å². The number of hydrogen-bond acceptors (Lipinski definition) is 2. The Morgan fingerprint density at radius 1 is 1.14 bits per heavy atom. The zero-order chi connectivity index (χ0) is 14.7. The van der Waals surface area contributed by atoms with Crippen molar-refractivity contribution in [1.82, 2.24) is 0 Å². The van der Waals surface area contributed by atoms with Gasteiger partial charge in [-0.1, -0.05) is 59.0 Å². The molecule has 0 spiro atoms. The van der Waals surface area contributed by atoms with Crippen LogP contribution in [0.1, 0.15) is 5.56 Å². The van der Waals surface area contributed by atoms with Crippen LogP contribution in [0.15, 0.2) is 54.6 Å². The molecule has 1 N–H and O–H groups in total. The summed E-state index contributed by atoms with van der Waals surface area (Å²) in [6.07, 6.45) is 1.07. The second-order valence-corrected chi connectivity index (χ2v) is 6.65. The number of carbonyl (C=O) groups is 1. The lowest BCUT2D eigenvalue weighted by Crippen LogP contribution is -2.35. The smallest absolute Gasteiger partial charge is 0.239 e. The molecule has 0 saturated carbocycles. The van der Waals surface area contributed by atoms with Crippen LogP contribution < -0.4 is 10.2 Å². The largest absolute Gasteiger partial charge is 0.369 e. The first-order valence-electron chi connectivity index (χ1n) is 7.07. The fourth-order valence-electron chi connectivity index (χ4n) is 2.61. The Kier molecular flexibility index (Phi) is 4.43. The van der Waals surface area contributed by atoms with Gasteiger partial charge >= 0.3 is 0 Å². The topological polar surface area (TPSA) is 32.3 Å². The Morgan fingerprint density at radius 2 is 1.86 bits per heavy atom. The quantitative estimate of drug-likeness (QED) is 0.638. The molecule has 0 radical (unpaired) electrons. The van der Waals surface area contributed by atoms with E-state index in [0.717, 1.165) is 25.2 Å². The lowest BCUT2D eigenvalue weighted by Gasteiger charge is -2.22. The molecule has 21 heavy (non-hydrogen) atoms. The highest BCUT2D eigenvalue weighted by atomic mass is 127. The summed E-state index contributed by atoms with van der Waals surface area (Å²) in [6, 6.07) is 18.1. The van der Waals surface area contributed by atoms with E-state index in [1.54, 1.807) is 0 Å². The van der Waals surface area contributed by atoms with Gasteiger partial charge in [-0.3, -0.25) is 4.79 Å². The van der Waals surface area contributed by atoms with Crippen LogP contribution in [-0.2, 0) is 11.2 Å². The lowest BCUT2D eigenvalue weighted by atomic mass is 10.2. The van der Waals surface area contributed by atoms with Crippen LogP contribution in [0.25, 0.3) is 0 Å². The standard InChI is InChI=1S/C17H17IN2O/c18-15(17(21)19-14-7-2-1-3-8-14)12-20-11-10-13-6-4-5-9-16(13)20/h1-9,15H,10-12H2,(H,19,21)/t15-/m1/s1. The number of nitrogens with zero attached hydrogens (tertiary/aromatic N) is 1. The van der Waals surface area contributed by atoms with Crippen LogP contribution in [0.3, 0.4) is 0 Å². The monoisotopic (exact) mass is 392 g/mol. The van der Waals surface area contributed by atoms with E-state index < -0.39 is 0 Å². The number of nitrogens with one attached hydrogen (secondary N) is 1. The maximum Gasteiger partial charge on any atom is 0.239 e. The Morgan fingerprint density at radius 3 is 2.67 bits per heavy atom. The molecule has 0 aliphatic carbocycles.